The zero-order valence-corrected chi connectivity index (χ0v) is 8.63. The summed E-state index contributed by atoms with van der Waals surface area (Å²) in [6.07, 6.45) is 0. The second-order valence-corrected chi connectivity index (χ2v) is 3.62. The van der Waals surface area contributed by atoms with Crippen molar-refractivity contribution in [2.75, 3.05) is 13.2 Å². The van der Waals surface area contributed by atoms with Gasteiger partial charge in [0.1, 0.15) is 13.2 Å². The van der Waals surface area contributed by atoms with Crippen molar-refractivity contribution in [2.45, 2.75) is 6.54 Å². The summed E-state index contributed by atoms with van der Waals surface area (Å²) in [7, 11) is 0. The van der Waals surface area contributed by atoms with Crippen LogP contribution < -0.4 is 15.2 Å². The average molecular weight is 244 g/mol. The molecule has 0 saturated heterocycles. The maximum atomic E-state index is 5.57. The van der Waals surface area contributed by atoms with E-state index in [0.29, 0.717) is 19.8 Å². The van der Waals surface area contributed by atoms with Gasteiger partial charge in [-0.15, -0.1) is 0 Å². The second-order valence-electron chi connectivity index (χ2n) is 2.77. The van der Waals surface area contributed by atoms with Crippen LogP contribution in [0.5, 0.6) is 11.5 Å². The van der Waals surface area contributed by atoms with E-state index in [2.05, 4.69) is 15.9 Å². The van der Waals surface area contributed by atoms with E-state index in [0.717, 1.165) is 21.5 Å². The Morgan fingerprint density at radius 1 is 1.23 bits per heavy atom. The summed E-state index contributed by atoms with van der Waals surface area (Å²) in [6.45, 7) is 1.66. The van der Waals surface area contributed by atoms with Crippen LogP contribution in [0.2, 0.25) is 0 Å². The third-order valence-corrected chi connectivity index (χ3v) is 2.57. The third kappa shape index (κ3) is 1.51. The quantitative estimate of drug-likeness (QED) is 0.817. The molecule has 1 aliphatic rings. The van der Waals surface area contributed by atoms with Gasteiger partial charge in [0.2, 0.25) is 0 Å². The first-order valence-corrected chi connectivity index (χ1v) is 4.89. The van der Waals surface area contributed by atoms with Crippen molar-refractivity contribution in [3.63, 3.8) is 0 Å². The van der Waals surface area contributed by atoms with E-state index in [4.69, 9.17) is 15.2 Å². The van der Waals surface area contributed by atoms with Crippen molar-refractivity contribution < 1.29 is 9.47 Å². The Bertz CT molecular complexity index is 328. The van der Waals surface area contributed by atoms with Crippen LogP contribution in [0, 0.1) is 0 Å². The van der Waals surface area contributed by atoms with Gasteiger partial charge in [0, 0.05) is 12.1 Å². The molecule has 0 spiro atoms. The molecule has 0 aliphatic carbocycles. The molecule has 0 radical (unpaired) electrons. The van der Waals surface area contributed by atoms with Crippen LogP contribution in [-0.4, -0.2) is 13.2 Å². The monoisotopic (exact) mass is 243 g/mol. The molecule has 2 rings (SSSR count). The van der Waals surface area contributed by atoms with Crippen molar-refractivity contribution >= 4 is 15.9 Å². The Morgan fingerprint density at radius 3 is 2.62 bits per heavy atom. The van der Waals surface area contributed by atoms with Gasteiger partial charge < -0.3 is 15.2 Å². The zero-order valence-electron chi connectivity index (χ0n) is 7.05. The van der Waals surface area contributed by atoms with Crippen LogP contribution in [-0.2, 0) is 6.54 Å². The molecule has 4 heteroatoms. The van der Waals surface area contributed by atoms with E-state index in [9.17, 15) is 0 Å². The van der Waals surface area contributed by atoms with Crippen LogP contribution in [0.15, 0.2) is 16.6 Å². The molecule has 13 heavy (non-hydrogen) atoms. The van der Waals surface area contributed by atoms with Crippen LogP contribution in [0.3, 0.4) is 0 Å². The normalized spacial score (nSPS) is 14.3. The molecule has 0 aromatic heterocycles. The fraction of sp³-hybridized carbons (Fsp3) is 0.333. The van der Waals surface area contributed by atoms with Crippen LogP contribution in [0.4, 0.5) is 0 Å². The standard InChI is InChI=1S/C9H10BrNO2/c10-7-2-1-6(5-11)8-9(7)13-4-3-12-8/h1-2H,3-5,11H2. The first-order chi connectivity index (χ1) is 6.33. The highest BCUT2D eigenvalue weighted by atomic mass is 79.9. The predicted molar refractivity (Wildman–Crippen MR) is 53.0 cm³/mol. The summed E-state index contributed by atoms with van der Waals surface area (Å²) in [5.41, 5.74) is 6.56. The number of halogens is 1. The first kappa shape index (κ1) is 8.84. The van der Waals surface area contributed by atoms with Gasteiger partial charge in [0.05, 0.1) is 4.47 Å². The molecule has 3 nitrogen and oxygen atoms in total. The summed E-state index contributed by atoms with van der Waals surface area (Å²) in [5, 5.41) is 0. The largest absolute Gasteiger partial charge is 0.486 e. The van der Waals surface area contributed by atoms with E-state index < -0.39 is 0 Å². The summed E-state index contributed by atoms with van der Waals surface area (Å²) in [6, 6.07) is 3.87. The van der Waals surface area contributed by atoms with Crippen LogP contribution in [0.25, 0.3) is 0 Å². The first-order valence-electron chi connectivity index (χ1n) is 4.10. The molecule has 0 amide bonds. The topological polar surface area (TPSA) is 44.5 Å². The Hall–Kier alpha value is -0.740. The lowest BCUT2D eigenvalue weighted by molar-refractivity contribution is 0.169. The number of benzene rings is 1. The lowest BCUT2D eigenvalue weighted by Crippen LogP contribution is -2.17. The molecule has 1 aliphatic heterocycles. The zero-order chi connectivity index (χ0) is 9.26. The van der Waals surface area contributed by atoms with Crippen molar-refractivity contribution in [3.05, 3.63) is 22.2 Å². The van der Waals surface area contributed by atoms with Gasteiger partial charge in [0.15, 0.2) is 11.5 Å². The highest BCUT2D eigenvalue weighted by molar-refractivity contribution is 9.10. The lowest BCUT2D eigenvalue weighted by atomic mass is 10.2. The highest BCUT2D eigenvalue weighted by Crippen LogP contribution is 2.39. The summed E-state index contributed by atoms with van der Waals surface area (Å²) >= 11 is 3.40. The molecule has 0 bridgehead atoms. The number of ether oxygens (including phenoxy) is 2. The van der Waals surface area contributed by atoms with E-state index in [-0.39, 0.29) is 0 Å². The molecular weight excluding hydrogens is 234 g/mol. The van der Waals surface area contributed by atoms with Gasteiger partial charge >= 0.3 is 0 Å². The maximum absolute atomic E-state index is 5.57. The lowest BCUT2D eigenvalue weighted by Gasteiger charge is -2.21. The Balaban J connectivity index is 2.52. The van der Waals surface area contributed by atoms with Gasteiger partial charge in [-0.3, -0.25) is 0 Å². The number of hydrogen-bond donors (Lipinski definition) is 1. The summed E-state index contributed by atoms with van der Waals surface area (Å²) < 4.78 is 11.9. The molecule has 1 heterocycles. The molecule has 0 saturated carbocycles. The second kappa shape index (κ2) is 3.55. The van der Waals surface area contributed by atoms with Gasteiger partial charge in [0.25, 0.3) is 0 Å². The number of hydrogen-bond acceptors (Lipinski definition) is 3. The van der Waals surface area contributed by atoms with Crippen molar-refractivity contribution in [3.8, 4) is 11.5 Å². The fourth-order valence-corrected chi connectivity index (χ4v) is 1.75. The van der Waals surface area contributed by atoms with Crippen molar-refractivity contribution in [1.29, 1.82) is 0 Å². The SMILES string of the molecule is NCc1ccc(Br)c2c1OCCO2. The smallest absolute Gasteiger partial charge is 0.175 e. The molecular formula is C9H10BrNO2. The van der Waals surface area contributed by atoms with E-state index in [1.165, 1.54) is 0 Å². The van der Waals surface area contributed by atoms with Gasteiger partial charge in [-0.25, -0.2) is 0 Å². The van der Waals surface area contributed by atoms with E-state index in [1.807, 2.05) is 12.1 Å². The third-order valence-electron chi connectivity index (χ3n) is 1.94. The fourth-order valence-electron chi connectivity index (χ4n) is 1.32. The predicted octanol–water partition coefficient (Wildman–Crippen LogP) is 1.68. The molecule has 1 aromatic rings. The summed E-state index contributed by atoms with van der Waals surface area (Å²) in [4.78, 5) is 0. The van der Waals surface area contributed by atoms with Gasteiger partial charge in [-0.1, -0.05) is 6.07 Å². The van der Waals surface area contributed by atoms with Crippen molar-refractivity contribution in [2.24, 2.45) is 5.73 Å². The van der Waals surface area contributed by atoms with E-state index >= 15 is 0 Å². The molecule has 2 N–H and O–H groups in total. The highest BCUT2D eigenvalue weighted by Gasteiger charge is 2.17. The number of nitrogens with two attached hydrogens (primary N) is 1. The Labute approximate surface area is 85.0 Å². The average Bonchev–Trinajstić information content (AvgIpc) is 2.19. The summed E-state index contributed by atoms with van der Waals surface area (Å²) in [5.74, 6) is 1.55. The van der Waals surface area contributed by atoms with Gasteiger partial charge in [-0.05, 0) is 22.0 Å². The Morgan fingerprint density at radius 2 is 1.92 bits per heavy atom. The minimum atomic E-state index is 0.471. The maximum Gasteiger partial charge on any atom is 0.175 e. The molecule has 1 aromatic carbocycles. The molecule has 0 unspecified atom stereocenters. The van der Waals surface area contributed by atoms with Gasteiger partial charge in [-0.2, -0.15) is 0 Å². The van der Waals surface area contributed by atoms with Crippen LogP contribution in [0.1, 0.15) is 5.56 Å². The van der Waals surface area contributed by atoms with E-state index in [1.54, 1.807) is 0 Å². The van der Waals surface area contributed by atoms with Crippen molar-refractivity contribution in [1.82, 2.24) is 0 Å². The van der Waals surface area contributed by atoms with Crippen LogP contribution >= 0.6 is 15.9 Å². The minimum absolute atomic E-state index is 0.471. The minimum Gasteiger partial charge on any atom is -0.486 e. The number of fused-ring (bicyclic) bond motifs is 1. The Kier molecular flexibility index (Phi) is 2.42. The molecule has 0 fully saturated rings. The number of rotatable bonds is 1. The molecule has 70 valence electrons. The molecule has 0 atom stereocenters.